The van der Waals surface area contributed by atoms with Crippen molar-refractivity contribution < 1.29 is 23.5 Å². The van der Waals surface area contributed by atoms with Gasteiger partial charge in [0.25, 0.3) is 11.8 Å². The van der Waals surface area contributed by atoms with Gasteiger partial charge in [0, 0.05) is 0 Å². The summed E-state index contributed by atoms with van der Waals surface area (Å²) in [6.45, 7) is 2.82. The number of nitrogens with one attached hydrogen (secondary N) is 2. The second kappa shape index (κ2) is 9.29. The highest BCUT2D eigenvalue weighted by Gasteiger charge is 2.19. The lowest BCUT2D eigenvalue weighted by atomic mass is 10.3. The van der Waals surface area contributed by atoms with Gasteiger partial charge in [-0.1, -0.05) is 23.2 Å². The van der Waals surface area contributed by atoms with Crippen molar-refractivity contribution in [2.24, 2.45) is 0 Å². The number of amides is 2. The molecule has 2 amide bonds. The van der Waals surface area contributed by atoms with Crippen LogP contribution in [0.1, 0.15) is 31.5 Å². The lowest BCUT2D eigenvalue weighted by molar-refractivity contribution is -0.119. The molecule has 0 saturated carbocycles. The molecule has 3 aromatic rings. The summed E-state index contributed by atoms with van der Waals surface area (Å²) < 4.78 is 10.1. The molecule has 11 heteroatoms. The SMILES string of the molecule is Cc1cc(NC(=O)c2ccco2)sc1C(=O)OCC(=O)Nc1nc(C)c(Cl)cc1Cl. The maximum Gasteiger partial charge on any atom is 0.349 e. The number of carbonyl (C=O) groups excluding carboxylic acids is 3. The number of anilines is 2. The van der Waals surface area contributed by atoms with Gasteiger partial charge in [-0.05, 0) is 43.7 Å². The molecule has 0 atom stereocenters. The van der Waals surface area contributed by atoms with Gasteiger partial charge in [0.2, 0.25) is 0 Å². The molecule has 0 unspecified atom stereocenters. The molecule has 3 rings (SSSR count). The molecule has 0 radical (unpaired) electrons. The highest BCUT2D eigenvalue weighted by atomic mass is 35.5. The summed E-state index contributed by atoms with van der Waals surface area (Å²) in [5.41, 5.74) is 1.09. The Hall–Kier alpha value is -2.88. The lowest BCUT2D eigenvalue weighted by Crippen LogP contribution is -2.21. The first-order chi connectivity index (χ1) is 14.2. The fraction of sp³-hybridized carbons (Fsp3) is 0.158. The second-order valence-electron chi connectivity index (χ2n) is 6.06. The number of ether oxygens (including phenoxy) is 1. The molecular weight excluding hydrogens is 453 g/mol. The summed E-state index contributed by atoms with van der Waals surface area (Å²) in [5.74, 6) is -1.48. The summed E-state index contributed by atoms with van der Waals surface area (Å²) in [5, 5.41) is 6.08. The predicted octanol–water partition coefficient (Wildman–Crippen LogP) is 4.71. The van der Waals surface area contributed by atoms with Crippen molar-refractivity contribution in [1.82, 2.24) is 4.98 Å². The number of esters is 1. The summed E-state index contributed by atoms with van der Waals surface area (Å²) in [7, 11) is 0. The van der Waals surface area contributed by atoms with Crippen LogP contribution >= 0.6 is 34.5 Å². The minimum Gasteiger partial charge on any atom is -0.459 e. The molecule has 156 valence electrons. The Morgan fingerprint density at radius 1 is 1.17 bits per heavy atom. The Labute approximate surface area is 185 Å². The van der Waals surface area contributed by atoms with E-state index < -0.39 is 24.4 Å². The molecule has 0 bridgehead atoms. The van der Waals surface area contributed by atoms with E-state index in [9.17, 15) is 14.4 Å². The van der Waals surface area contributed by atoms with Crippen LogP contribution in [-0.4, -0.2) is 29.4 Å². The molecule has 30 heavy (non-hydrogen) atoms. The van der Waals surface area contributed by atoms with E-state index in [0.717, 1.165) is 11.3 Å². The third-order valence-corrected chi connectivity index (χ3v) is 5.59. The Bertz CT molecular complexity index is 1110. The maximum absolute atomic E-state index is 12.3. The zero-order valence-electron chi connectivity index (χ0n) is 15.7. The van der Waals surface area contributed by atoms with Crippen LogP contribution in [0, 0.1) is 13.8 Å². The predicted molar refractivity (Wildman–Crippen MR) is 114 cm³/mol. The van der Waals surface area contributed by atoms with Crippen molar-refractivity contribution in [3.63, 3.8) is 0 Å². The maximum atomic E-state index is 12.3. The second-order valence-corrected chi connectivity index (χ2v) is 7.93. The number of aromatic nitrogens is 1. The molecule has 3 heterocycles. The zero-order valence-corrected chi connectivity index (χ0v) is 18.1. The Morgan fingerprint density at radius 3 is 2.63 bits per heavy atom. The number of thiophene rings is 1. The Kier molecular flexibility index (Phi) is 6.76. The highest BCUT2D eigenvalue weighted by molar-refractivity contribution is 7.18. The topological polar surface area (TPSA) is 111 Å². The third-order valence-electron chi connectivity index (χ3n) is 3.78. The molecule has 0 aliphatic heterocycles. The molecule has 0 aliphatic carbocycles. The van der Waals surface area contributed by atoms with Gasteiger partial charge in [-0.3, -0.25) is 9.59 Å². The van der Waals surface area contributed by atoms with Crippen LogP contribution in [0.4, 0.5) is 10.8 Å². The fourth-order valence-electron chi connectivity index (χ4n) is 2.34. The van der Waals surface area contributed by atoms with Crippen LogP contribution in [0.5, 0.6) is 0 Å². The molecule has 0 aromatic carbocycles. The van der Waals surface area contributed by atoms with E-state index in [1.165, 1.54) is 18.4 Å². The van der Waals surface area contributed by atoms with Gasteiger partial charge in [0.1, 0.15) is 4.88 Å². The van der Waals surface area contributed by atoms with Crippen LogP contribution in [0.2, 0.25) is 10.0 Å². The average molecular weight is 468 g/mol. The van der Waals surface area contributed by atoms with Crippen molar-refractivity contribution >= 4 is 63.1 Å². The quantitative estimate of drug-likeness (QED) is 0.507. The minimum absolute atomic E-state index is 0.120. The summed E-state index contributed by atoms with van der Waals surface area (Å²) in [6.07, 6.45) is 1.39. The van der Waals surface area contributed by atoms with Crippen molar-refractivity contribution in [3.05, 3.63) is 62.5 Å². The Balaban J connectivity index is 1.58. The van der Waals surface area contributed by atoms with Crippen molar-refractivity contribution in [2.45, 2.75) is 13.8 Å². The first-order valence-electron chi connectivity index (χ1n) is 8.49. The van der Waals surface area contributed by atoms with Crippen molar-refractivity contribution in [1.29, 1.82) is 0 Å². The standard InChI is InChI=1S/C19H15Cl2N3O5S/c1-9-6-15(24-18(26)13-4-3-5-28-13)30-16(9)19(27)29-8-14(25)23-17-12(21)7-11(20)10(2)22-17/h3-7H,8H2,1-2H3,(H,24,26)(H,22,23,25). The molecule has 0 aliphatic rings. The molecule has 0 spiro atoms. The van der Waals surface area contributed by atoms with E-state index >= 15 is 0 Å². The number of carbonyl (C=O) groups is 3. The van der Waals surface area contributed by atoms with Crippen LogP contribution in [0.15, 0.2) is 34.9 Å². The monoisotopic (exact) mass is 467 g/mol. The number of nitrogens with zero attached hydrogens (tertiary/aromatic N) is 1. The van der Waals surface area contributed by atoms with Gasteiger partial charge in [-0.25, -0.2) is 9.78 Å². The first-order valence-corrected chi connectivity index (χ1v) is 10.1. The van der Waals surface area contributed by atoms with E-state index in [1.807, 2.05) is 0 Å². The van der Waals surface area contributed by atoms with E-state index in [2.05, 4.69) is 15.6 Å². The van der Waals surface area contributed by atoms with Crippen LogP contribution in [-0.2, 0) is 9.53 Å². The molecule has 0 saturated heterocycles. The number of halogens is 2. The number of aryl methyl sites for hydroxylation is 2. The van der Waals surface area contributed by atoms with E-state index in [4.69, 9.17) is 32.4 Å². The average Bonchev–Trinajstić information content (AvgIpc) is 3.34. The summed E-state index contributed by atoms with van der Waals surface area (Å²) in [6, 6.07) is 6.20. The van der Waals surface area contributed by atoms with Crippen LogP contribution in [0.3, 0.4) is 0 Å². The van der Waals surface area contributed by atoms with Gasteiger partial charge in [0.15, 0.2) is 18.2 Å². The first kappa shape index (κ1) is 21.8. The van der Waals surface area contributed by atoms with E-state index in [1.54, 1.807) is 26.0 Å². The third kappa shape index (κ3) is 5.18. The number of rotatable bonds is 6. The minimum atomic E-state index is -0.697. The summed E-state index contributed by atoms with van der Waals surface area (Å²) in [4.78, 5) is 40.8. The molecule has 3 aromatic heterocycles. The van der Waals surface area contributed by atoms with Gasteiger partial charge >= 0.3 is 5.97 Å². The zero-order chi connectivity index (χ0) is 21.8. The van der Waals surface area contributed by atoms with Crippen LogP contribution < -0.4 is 10.6 Å². The number of hydrogen-bond acceptors (Lipinski definition) is 7. The van der Waals surface area contributed by atoms with Crippen molar-refractivity contribution in [3.8, 4) is 0 Å². The van der Waals surface area contributed by atoms with Gasteiger partial charge in [0.05, 0.1) is 27.0 Å². The van der Waals surface area contributed by atoms with E-state index in [0.29, 0.717) is 21.3 Å². The molecule has 2 N–H and O–H groups in total. The summed E-state index contributed by atoms with van der Waals surface area (Å²) >= 11 is 12.9. The van der Waals surface area contributed by atoms with Gasteiger partial charge in [-0.15, -0.1) is 11.3 Å². The number of pyridine rings is 1. The molecule has 8 nitrogen and oxygen atoms in total. The van der Waals surface area contributed by atoms with Gasteiger partial charge < -0.3 is 19.8 Å². The smallest absolute Gasteiger partial charge is 0.349 e. The van der Waals surface area contributed by atoms with Crippen molar-refractivity contribution in [2.75, 3.05) is 17.2 Å². The van der Waals surface area contributed by atoms with Crippen LogP contribution in [0.25, 0.3) is 0 Å². The van der Waals surface area contributed by atoms with Gasteiger partial charge in [-0.2, -0.15) is 0 Å². The highest BCUT2D eigenvalue weighted by Crippen LogP contribution is 2.28. The molecular formula is C19H15Cl2N3O5S. The number of furan rings is 1. The lowest BCUT2D eigenvalue weighted by Gasteiger charge is -2.08. The number of hydrogen-bond donors (Lipinski definition) is 2. The Morgan fingerprint density at radius 2 is 1.93 bits per heavy atom. The fourth-order valence-corrected chi connectivity index (χ4v) is 3.71. The van der Waals surface area contributed by atoms with E-state index in [-0.39, 0.29) is 21.5 Å². The molecule has 0 fully saturated rings. The normalized spacial score (nSPS) is 10.5. The largest absolute Gasteiger partial charge is 0.459 e.